The van der Waals surface area contributed by atoms with Gasteiger partial charge < -0.3 is 4.90 Å². The molecule has 0 amide bonds. The average Bonchev–Trinajstić information content (AvgIpc) is 2.27. The first-order chi connectivity index (χ1) is 7.00. The van der Waals surface area contributed by atoms with Crippen LogP contribution in [-0.2, 0) is 0 Å². The fourth-order valence-corrected chi connectivity index (χ4v) is 3.07. The van der Waals surface area contributed by atoms with Gasteiger partial charge in [0.25, 0.3) is 0 Å². The van der Waals surface area contributed by atoms with E-state index >= 15 is 0 Å². The zero-order valence-corrected chi connectivity index (χ0v) is 11.3. The van der Waals surface area contributed by atoms with Gasteiger partial charge in [0.1, 0.15) is 7.85 Å². The summed E-state index contributed by atoms with van der Waals surface area (Å²) in [6.45, 7) is 8.44. The molecule has 88 valence electrons. The molecule has 0 radical (unpaired) electrons. The Bertz CT molecular complexity index is 181. The van der Waals surface area contributed by atoms with Crippen molar-refractivity contribution in [3.63, 3.8) is 0 Å². The molecule has 1 aliphatic carbocycles. The van der Waals surface area contributed by atoms with Crippen molar-refractivity contribution in [2.45, 2.75) is 58.3 Å². The molecule has 0 heterocycles. The van der Waals surface area contributed by atoms with Gasteiger partial charge in [-0.05, 0) is 38.3 Å². The summed E-state index contributed by atoms with van der Waals surface area (Å²) >= 11 is 0. The summed E-state index contributed by atoms with van der Waals surface area (Å²) < 4.78 is 0. The van der Waals surface area contributed by atoms with Gasteiger partial charge >= 0.3 is 0 Å². The quantitative estimate of drug-likeness (QED) is 0.510. The lowest BCUT2D eigenvalue weighted by atomic mass is 9.87. The summed E-state index contributed by atoms with van der Waals surface area (Å²) in [5.41, 5.74) is 0. The third-order valence-corrected chi connectivity index (χ3v) is 3.88. The molecular weight excluding hydrogens is 181 g/mol. The van der Waals surface area contributed by atoms with Gasteiger partial charge in [0.2, 0.25) is 0 Å². The Morgan fingerprint density at radius 3 is 2.60 bits per heavy atom. The molecule has 1 saturated carbocycles. The van der Waals surface area contributed by atoms with Crippen molar-refractivity contribution in [1.82, 2.24) is 4.90 Å². The van der Waals surface area contributed by atoms with Crippen LogP contribution in [0.4, 0.5) is 0 Å². The van der Waals surface area contributed by atoms with E-state index in [9.17, 15) is 0 Å². The Kier molecular flexibility index (Phi) is 5.18. The van der Waals surface area contributed by atoms with Crippen LogP contribution in [-0.4, -0.2) is 32.4 Å². The maximum Gasteiger partial charge on any atom is 0.106 e. The summed E-state index contributed by atoms with van der Waals surface area (Å²) in [7, 11) is 4.64. The zero-order valence-electron chi connectivity index (χ0n) is 11.3. The van der Waals surface area contributed by atoms with Crippen LogP contribution in [0.15, 0.2) is 0 Å². The normalized spacial score (nSPS) is 35.1. The van der Waals surface area contributed by atoms with E-state index in [1.165, 1.54) is 32.2 Å². The number of nitrogens with zero attached hydrogens (tertiary/aromatic N) is 1. The van der Waals surface area contributed by atoms with Crippen molar-refractivity contribution in [2.75, 3.05) is 13.6 Å². The molecule has 0 bridgehead atoms. The molecule has 0 aromatic rings. The number of hydrogen-bond acceptors (Lipinski definition) is 1. The lowest BCUT2D eigenvalue weighted by molar-refractivity contribution is 0.164. The van der Waals surface area contributed by atoms with E-state index < -0.39 is 0 Å². The van der Waals surface area contributed by atoms with Crippen molar-refractivity contribution < 1.29 is 0 Å². The Balaban J connectivity index is 2.54. The molecule has 3 unspecified atom stereocenters. The largest absolute Gasteiger partial charge is 0.304 e. The lowest BCUT2D eigenvalue weighted by Crippen LogP contribution is -2.38. The van der Waals surface area contributed by atoms with Crippen molar-refractivity contribution >= 4 is 7.85 Å². The monoisotopic (exact) mass is 209 g/mol. The predicted octanol–water partition coefficient (Wildman–Crippen LogP) is 2.57. The molecule has 4 atom stereocenters. The highest BCUT2D eigenvalue weighted by molar-refractivity contribution is 6.11. The topological polar surface area (TPSA) is 3.24 Å². The summed E-state index contributed by atoms with van der Waals surface area (Å²) in [6, 6.07) is 0.824. The van der Waals surface area contributed by atoms with E-state index in [2.05, 4.69) is 40.6 Å². The van der Waals surface area contributed by atoms with Gasteiger partial charge in [0.05, 0.1) is 0 Å². The van der Waals surface area contributed by atoms with Crippen LogP contribution in [0.25, 0.3) is 0 Å². The fourth-order valence-electron chi connectivity index (χ4n) is 3.07. The second kappa shape index (κ2) is 5.93. The third-order valence-electron chi connectivity index (χ3n) is 3.88. The van der Waals surface area contributed by atoms with Gasteiger partial charge in [-0.25, -0.2) is 0 Å². The van der Waals surface area contributed by atoms with Crippen LogP contribution in [0.2, 0.25) is 5.82 Å². The molecule has 0 aromatic carbocycles. The van der Waals surface area contributed by atoms with E-state index in [1.54, 1.807) is 0 Å². The standard InChI is InChI=1S/C13H28BN/c1-10-6-5-7-11(2)13(8-10)15(4)9-12(3)14/h10-13H,5-9,14H2,1-4H3/t10?,11?,12-,13?/m0/s1. The van der Waals surface area contributed by atoms with Crippen molar-refractivity contribution in [2.24, 2.45) is 11.8 Å². The second-order valence-corrected chi connectivity index (χ2v) is 6.15. The van der Waals surface area contributed by atoms with Gasteiger partial charge in [0, 0.05) is 6.04 Å². The van der Waals surface area contributed by atoms with Gasteiger partial charge in [0.15, 0.2) is 0 Å². The molecule has 1 fully saturated rings. The third kappa shape index (κ3) is 4.18. The molecule has 0 aromatic heterocycles. The number of hydrogen-bond donors (Lipinski definition) is 0. The minimum Gasteiger partial charge on any atom is -0.304 e. The summed E-state index contributed by atoms with van der Waals surface area (Å²) in [6.07, 6.45) is 5.71. The molecule has 1 aliphatic rings. The van der Waals surface area contributed by atoms with E-state index in [0.29, 0.717) is 0 Å². The molecule has 0 N–H and O–H groups in total. The second-order valence-electron chi connectivity index (χ2n) is 6.15. The molecule has 0 aliphatic heterocycles. The van der Waals surface area contributed by atoms with Crippen LogP contribution in [0.3, 0.4) is 0 Å². The highest BCUT2D eigenvalue weighted by Gasteiger charge is 2.26. The van der Waals surface area contributed by atoms with E-state index in [1.807, 2.05) is 0 Å². The minimum atomic E-state index is 0.792. The Morgan fingerprint density at radius 1 is 1.33 bits per heavy atom. The predicted molar refractivity (Wildman–Crippen MR) is 71.2 cm³/mol. The Hall–Kier alpha value is 0.0249. The summed E-state index contributed by atoms with van der Waals surface area (Å²) in [4.78, 5) is 2.61. The van der Waals surface area contributed by atoms with Crippen molar-refractivity contribution in [3.8, 4) is 0 Å². The first kappa shape index (κ1) is 13.1. The van der Waals surface area contributed by atoms with Crippen LogP contribution >= 0.6 is 0 Å². The van der Waals surface area contributed by atoms with Gasteiger partial charge in [-0.1, -0.05) is 39.4 Å². The van der Waals surface area contributed by atoms with Crippen LogP contribution < -0.4 is 0 Å². The van der Waals surface area contributed by atoms with Crippen molar-refractivity contribution in [3.05, 3.63) is 0 Å². The first-order valence-corrected chi connectivity index (χ1v) is 6.71. The summed E-state index contributed by atoms with van der Waals surface area (Å²) in [5, 5.41) is 0. The average molecular weight is 209 g/mol. The first-order valence-electron chi connectivity index (χ1n) is 6.71. The molecule has 2 heteroatoms. The molecular formula is C13H28BN. The van der Waals surface area contributed by atoms with Gasteiger partial charge in [-0.15, -0.1) is 0 Å². The van der Waals surface area contributed by atoms with E-state index in [4.69, 9.17) is 0 Å². The highest BCUT2D eigenvalue weighted by atomic mass is 15.1. The Morgan fingerprint density at radius 2 is 2.00 bits per heavy atom. The molecule has 0 spiro atoms. The van der Waals surface area contributed by atoms with E-state index in [0.717, 1.165) is 23.7 Å². The number of rotatable bonds is 3. The molecule has 1 rings (SSSR count). The van der Waals surface area contributed by atoms with Crippen LogP contribution in [0, 0.1) is 11.8 Å². The molecule has 0 saturated heterocycles. The van der Waals surface area contributed by atoms with Gasteiger partial charge in [-0.3, -0.25) is 0 Å². The Labute approximate surface area is 97.0 Å². The zero-order chi connectivity index (χ0) is 11.4. The van der Waals surface area contributed by atoms with Crippen molar-refractivity contribution in [1.29, 1.82) is 0 Å². The molecule has 1 nitrogen and oxygen atoms in total. The van der Waals surface area contributed by atoms with E-state index in [-0.39, 0.29) is 0 Å². The molecule has 15 heavy (non-hydrogen) atoms. The SMILES string of the molecule is B[C@@H](C)CN(C)C1CC(C)CCCC1C. The van der Waals surface area contributed by atoms with Crippen LogP contribution in [0.1, 0.15) is 46.5 Å². The smallest absolute Gasteiger partial charge is 0.106 e. The maximum absolute atomic E-state index is 2.61. The lowest BCUT2D eigenvalue weighted by Gasteiger charge is -2.34. The summed E-state index contributed by atoms with van der Waals surface area (Å²) in [5.74, 6) is 2.61. The fraction of sp³-hybridized carbons (Fsp3) is 1.00. The highest BCUT2D eigenvalue weighted by Crippen LogP contribution is 2.30. The minimum absolute atomic E-state index is 0.792. The maximum atomic E-state index is 2.61. The van der Waals surface area contributed by atoms with Gasteiger partial charge in [-0.2, -0.15) is 0 Å². The van der Waals surface area contributed by atoms with Crippen LogP contribution in [0.5, 0.6) is 0 Å².